The number of para-hydroxylation sites is 1. The maximum Gasteiger partial charge on any atom is 0.289 e. The molecule has 1 aliphatic heterocycles. The maximum atomic E-state index is 12.2. The van der Waals surface area contributed by atoms with Crippen molar-refractivity contribution in [2.24, 2.45) is 0 Å². The number of carbonyl (C=O) groups excluding carboxylic acids is 1. The van der Waals surface area contributed by atoms with Crippen molar-refractivity contribution in [2.75, 3.05) is 40.3 Å². The number of benzene rings is 3. The summed E-state index contributed by atoms with van der Waals surface area (Å²) in [5.74, 6) is 1.17. The Hall–Kier alpha value is -3.35. The lowest BCUT2D eigenvalue weighted by atomic mass is 9.88. The number of amides is 1. The van der Waals surface area contributed by atoms with E-state index in [2.05, 4.69) is 47.4 Å². The van der Waals surface area contributed by atoms with Crippen LogP contribution in [0.3, 0.4) is 0 Å². The van der Waals surface area contributed by atoms with Crippen LogP contribution in [-0.4, -0.2) is 67.3 Å². The summed E-state index contributed by atoms with van der Waals surface area (Å²) in [6.45, 7) is 2.65. The minimum atomic E-state index is -0.611. The van der Waals surface area contributed by atoms with Crippen LogP contribution in [0.1, 0.15) is 34.9 Å². The van der Waals surface area contributed by atoms with Crippen molar-refractivity contribution in [3.8, 4) is 5.75 Å². The van der Waals surface area contributed by atoms with Gasteiger partial charge in [-0.05, 0) is 60.3 Å². The molecule has 0 unspecified atom stereocenters. The molecule has 0 spiro atoms. The number of likely N-dealkylation sites (tertiary alicyclic amines) is 1. The van der Waals surface area contributed by atoms with Gasteiger partial charge in [-0.2, -0.15) is 0 Å². The van der Waals surface area contributed by atoms with Crippen LogP contribution in [0.2, 0.25) is 0 Å². The number of ether oxygens (including phenoxy) is 1. The number of furan rings is 1. The number of hydrogen-bond acceptors (Lipinski definition) is 5. The van der Waals surface area contributed by atoms with E-state index in [1.807, 2.05) is 12.1 Å². The Balaban J connectivity index is 1.15. The first kappa shape index (κ1) is 23.4. The molecule has 5 rings (SSSR count). The molecule has 0 saturated carbocycles. The molecule has 4 aromatic rings. The summed E-state index contributed by atoms with van der Waals surface area (Å²) < 4.78 is 11.7. The van der Waals surface area contributed by atoms with Crippen LogP contribution < -0.4 is 4.74 Å². The number of fused-ring (bicyclic) bond motifs is 2. The van der Waals surface area contributed by atoms with Gasteiger partial charge in [0.15, 0.2) is 17.1 Å². The Kier molecular flexibility index (Phi) is 6.75. The Morgan fingerprint density at radius 3 is 2.54 bits per heavy atom. The van der Waals surface area contributed by atoms with Gasteiger partial charge in [0.1, 0.15) is 12.7 Å². The first-order valence-electron chi connectivity index (χ1n) is 12.2. The first-order valence-corrected chi connectivity index (χ1v) is 12.2. The number of nitrogens with zero attached hydrogens (tertiary/aromatic N) is 2. The van der Waals surface area contributed by atoms with E-state index in [1.54, 1.807) is 26.2 Å². The molecule has 6 nitrogen and oxygen atoms in total. The molecule has 0 aliphatic carbocycles. The van der Waals surface area contributed by atoms with E-state index in [-0.39, 0.29) is 18.3 Å². The third-order valence-electron chi connectivity index (χ3n) is 6.86. The van der Waals surface area contributed by atoms with E-state index < -0.39 is 6.10 Å². The summed E-state index contributed by atoms with van der Waals surface area (Å²) in [5.41, 5.74) is 1.94. The fourth-order valence-electron chi connectivity index (χ4n) is 4.92. The van der Waals surface area contributed by atoms with Crippen molar-refractivity contribution in [1.29, 1.82) is 0 Å². The van der Waals surface area contributed by atoms with E-state index >= 15 is 0 Å². The molecule has 182 valence electrons. The van der Waals surface area contributed by atoms with E-state index in [4.69, 9.17) is 9.15 Å². The minimum absolute atomic E-state index is 0.168. The zero-order valence-electron chi connectivity index (χ0n) is 20.3. The third-order valence-corrected chi connectivity index (χ3v) is 6.86. The molecular formula is C29H32N2O4. The molecule has 1 amide bonds. The van der Waals surface area contributed by atoms with Crippen molar-refractivity contribution in [2.45, 2.75) is 24.9 Å². The highest BCUT2D eigenvalue weighted by atomic mass is 16.5. The largest absolute Gasteiger partial charge is 0.487 e. The van der Waals surface area contributed by atoms with Crippen molar-refractivity contribution < 1.29 is 19.1 Å². The number of rotatable bonds is 7. The predicted octanol–water partition coefficient (Wildman–Crippen LogP) is 4.91. The maximum absolute atomic E-state index is 12.2. The SMILES string of the molecule is CN(C)C(=O)c1cc2cccc(OC[C@@H](O)CN3CCC(c4ccc5ccccc5c4)CC3)c2o1. The van der Waals surface area contributed by atoms with Gasteiger partial charge < -0.3 is 24.1 Å². The molecule has 1 aliphatic rings. The summed E-state index contributed by atoms with van der Waals surface area (Å²) in [5, 5.41) is 14.0. The van der Waals surface area contributed by atoms with Crippen LogP contribution in [0.5, 0.6) is 5.75 Å². The van der Waals surface area contributed by atoms with Gasteiger partial charge in [0, 0.05) is 26.0 Å². The Morgan fingerprint density at radius 1 is 1.03 bits per heavy atom. The van der Waals surface area contributed by atoms with Crippen LogP contribution in [0.25, 0.3) is 21.7 Å². The van der Waals surface area contributed by atoms with Crippen LogP contribution in [0, 0.1) is 0 Å². The smallest absolute Gasteiger partial charge is 0.289 e. The highest BCUT2D eigenvalue weighted by Crippen LogP contribution is 2.31. The number of carbonyl (C=O) groups is 1. The van der Waals surface area contributed by atoms with Crippen LogP contribution in [0.4, 0.5) is 0 Å². The average molecular weight is 473 g/mol. The molecule has 1 atom stereocenters. The number of β-amino-alcohol motifs (C(OH)–C–C–N with tert-alkyl or cyclic N) is 1. The number of aliphatic hydroxyl groups is 1. The Morgan fingerprint density at radius 2 is 1.77 bits per heavy atom. The fraction of sp³-hybridized carbons (Fsp3) is 0.345. The average Bonchev–Trinajstić information content (AvgIpc) is 3.32. The molecule has 3 aromatic carbocycles. The molecule has 1 aromatic heterocycles. The topological polar surface area (TPSA) is 66.2 Å². The molecule has 0 radical (unpaired) electrons. The van der Waals surface area contributed by atoms with E-state index in [0.29, 0.717) is 23.8 Å². The summed E-state index contributed by atoms with van der Waals surface area (Å²) >= 11 is 0. The van der Waals surface area contributed by atoms with Gasteiger partial charge in [-0.25, -0.2) is 0 Å². The number of aliphatic hydroxyl groups excluding tert-OH is 1. The fourth-order valence-corrected chi connectivity index (χ4v) is 4.92. The molecule has 1 N–H and O–H groups in total. The number of piperidine rings is 1. The van der Waals surface area contributed by atoms with Crippen molar-refractivity contribution in [1.82, 2.24) is 9.80 Å². The van der Waals surface area contributed by atoms with Crippen LogP contribution in [-0.2, 0) is 0 Å². The number of hydrogen-bond donors (Lipinski definition) is 1. The Labute approximate surface area is 205 Å². The first-order chi connectivity index (χ1) is 17.0. The van der Waals surface area contributed by atoms with Gasteiger partial charge in [-0.15, -0.1) is 0 Å². The summed E-state index contributed by atoms with van der Waals surface area (Å²) in [4.78, 5) is 16.0. The Bertz CT molecular complexity index is 1320. The molecule has 2 heterocycles. The predicted molar refractivity (Wildman–Crippen MR) is 138 cm³/mol. The summed E-state index contributed by atoms with van der Waals surface area (Å²) in [6, 6.07) is 22.6. The van der Waals surface area contributed by atoms with Gasteiger partial charge in [0.25, 0.3) is 5.91 Å². The van der Waals surface area contributed by atoms with E-state index in [9.17, 15) is 9.90 Å². The zero-order chi connectivity index (χ0) is 24.4. The summed E-state index contributed by atoms with van der Waals surface area (Å²) in [7, 11) is 3.38. The summed E-state index contributed by atoms with van der Waals surface area (Å²) in [6.07, 6.45) is 1.56. The standard InChI is InChI=1S/C29H32N2O4/c1-30(2)29(33)27-17-24-8-5-9-26(28(24)35-27)34-19-25(32)18-31-14-12-21(13-15-31)23-11-10-20-6-3-4-7-22(20)16-23/h3-11,16-17,21,25,32H,12-15,18-19H2,1-2H3/t25-/m0/s1. The van der Waals surface area contributed by atoms with Crippen LogP contribution in [0.15, 0.2) is 71.1 Å². The highest BCUT2D eigenvalue weighted by Gasteiger charge is 2.23. The lowest BCUT2D eigenvalue weighted by Gasteiger charge is -2.33. The second kappa shape index (κ2) is 10.1. The van der Waals surface area contributed by atoms with E-state index in [0.717, 1.165) is 31.3 Å². The molecular weight excluding hydrogens is 440 g/mol. The molecule has 6 heteroatoms. The molecule has 1 saturated heterocycles. The molecule has 1 fully saturated rings. The third kappa shape index (κ3) is 5.19. The lowest BCUT2D eigenvalue weighted by Crippen LogP contribution is -2.40. The lowest BCUT2D eigenvalue weighted by molar-refractivity contribution is 0.0595. The van der Waals surface area contributed by atoms with Crippen LogP contribution >= 0.6 is 0 Å². The molecule has 0 bridgehead atoms. The van der Waals surface area contributed by atoms with Crippen molar-refractivity contribution in [3.05, 3.63) is 78.1 Å². The molecule has 35 heavy (non-hydrogen) atoms. The van der Waals surface area contributed by atoms with Gasteiger partial charge in [0.2, 0.25) is 0 Å². The van der Waals surface area contributed by atoms with Gasteiger partial charge in [-0.3, -0.25) is 4.79 Å². The van der Waals surface area contributed by atoms with Crippen molar-refractivity contribution >= 4 is 27.6 Å². The monoisotopic (exact) mass is 472 g/mol. The normalized spacial score (nSPS) is 16.0. The van der Waals surface area contributed by atoms with Gasteiger partial charge >= 0.3 is 0 Å². The van der Waals surface area contributed by atoms with E-state index in [1.165, 1.54) is 21.2 Å². The minimum Gasteiger partial charge on any atom is -0.487 e. The van der Waals surface area contributed by atoms with Gasteiger partial charge in [0.05, 0.1) is 0 Å². The van der Waals surface area contributed by atoms with Gasteiger partial charge in [-0.1, -0.05) is 54.6 Å². The second-order valence-electron chi connectivity index (χ2n) is 9.63. The van der Waals surface area contributed by atoms with Crippen molar-refractivity contribution in [3.63, 3.8) is 0 Å². The highest BCUT2D eigenvalue weighted by molar-refractivity contribution is 5.97. The quantitative estimate of drug-likeness (QED) is 0.414. The second-order valence-corrected chi connectivity index (χ2v) is 9.63. The zero-order valence-corrected chi connectivity index (χ0v) is 20.3.